The van der Waals surface area contributed by atoms with Crippen LogP contribution in [-0.4, -0.2) is 5.38 Å². The number of halogens is 1. The van der Waals surface area contributed by atoms with Crippen molar-refractivity contribution in [3.63, 3.8) is 0 Å². The molecule has 1 heteroatoms. The first-order valence-corrected chi connectivity index (χ1v) is 7.30. The summed E-state index contributed by atoms with van der Waals surface area (Å²) in [6.45, 7) is 6.62. The van der Waals surface area contributed by atoms with Crippen LogP contribution in [0.25, 0.3) is 0 Å². The van der Waals surface area contributed by atoms with Gasteiger partial charge in [0.25, 0.3) is 0 Å². The van der Waals surface area contributed by atoms with Crippen molar-refractivity contribution in [3.05, 3.63) is 35.4 Å². The summed E-state index contributed by atoms with van der Waals surface area (Å²) in [5.74, 6) is 0.674. The zero-order valence-corrected chi connectivity index (χ0v) is 12.1. The molecule has 0 saturated carbocycles. The number of hydrogen-bond donors (Lipinski definition) is 0. The summed E-state index contributed by atoms with van der Waals surface area (Å²) >= 11 is 6.58. The highest BCUT2D eigenvalue weighted by Crippen LogP contribution is 2.25. The van der Waals surface area contributed by atoms with Crippen LogP contribution in [-0.2, 0) is 6.42 Å². The van der Waals surface area contributed by atoms with Crippen LogP contribution >= 0.6 is 11.6 Å². The van der Waals surface area contributed by atoms with Gasteiger partial charge in [-0.15, -0.1) is 11.6 Å². The lowest BCUT2D eigenvalue weighted by molar-refractivity contribution is 0.418. The quantitative estimate of drug-likeness (QED) is 0.573. The van der Waals surface area contributed by atoms with Crippen molar-refractivity contribution in [1.29, 1.82) is 0 Å². The Labute approximate surface area is 111 Å². The highest BCUT2D eigenvalue weighted by molar-refractivity contribution is 6.20. The van der Waals surface area contributed by atoms with Crippen molar-refractivity contribution in [3.8, 4) is 0 Å². The second-order valence-electron chi connectivity index (χ2n) is 5.04. The van der Waals surface area contributed by atoms with Crippen LogP contribution in [0.4, 0.5) is 0 Å². The van der Waals surface area contributed by atoms with E-state index in [1.54, 1.807) is 0 Å². The molecule has 1 aromatic carbocycles. The lowest BCUT2D eigenvalue weighted by Gasteiger charge is -2.21. The Morgan fingerprint density at radius 3 is 2.00 bits per heavy atom. The third kappa shape index (κ3) is 5.12. The summed E-state index contributed by atoms with van der Waals surface area (Å²) in [5, 5.41) is 0.289. The Kier molecular flexibility index (Phi) is 6.65. The average molecular weight is 253 g/mol. The standard InChI is InChI=1S/C16H25Cl/c1-4-6-15(7-5-2)16(17)12-14-10-8-13(3)9-11-14/h8-11,15-16H,4-7,12H2,1-3H3. The van der Waals surface area contributed by atoms with E-state index in [1.807, 2.05) is 0 Å². The fourth-order valence-corrected chi connectivity index (χ4v) is 2.79. The summed E-state index contributed by atoms with van der Waals surface area (Å²) in [6.07, 6.45) is 6.00. The molecule has 0 bridgehead atoms. The molecule has 0 saturated heterocycles. The molecule has 0 spiro atoms. The van der Waals surface area contributed by atoms with E-state index in [2.05, 4.69) is 45.0 Å². The Bertz CT molecular complexity index is 296. The van der Waals surface area contributed by atoms with E-state index < -0.39 is 0 Å². The summed E-state index contributed by atoms with van der Waals surface area (Å²) in [4.78, 5) is 0. The van der Waals surface area contributed by atoms with Gasteiger partial charge in [0.1, 0.15) is 0 Å². The van der Waals surface area contributed by atoms with Crippen LogP contribution in [0.1, 0.15) is 50.7 Å². The number of rotatable bonds is 7. The molecule has 0 fully saturated rings. The maximum atomic E-state index is 6.58. The van der Waals surface area contributed by atoms with Crippen molar-refractivity contribution in [1.82, 2.24) is 0 Å². The van der Waals surface area contributed by atoms with Crippen molar-refractivity contribution in [2.24, 2.45) is 5.92 Å². The van der Waals surface area contributed by atoms with Gasteiger partial charge in [-0.3, -0.25) is 0 Å². The molecule has 96 valence electrons. The van der Waals surface area contributed by atoms with Gasteiger partial charge in [0.05, 0.1) is 0 Å². The SMILES string of the molecule is CCCC(CCC)C(Cl)Cc1ccc(C)cc1. The van der Waals surface area contributed by atoms with Gasteiger partial charge in [-0.2, -0.15) is 0 Å². The highest BCUT2D eigenvalue weighted by Gasteiger charge is 2.17. The number of aryl methyl sites for hydroxylation is 1. The number of hydrogen-bond acceptors (Lipinski definition) is 0. The molecular formula is C16H25Cl. The van der Waals surface area contributed by atoms with E-state index in [9.17, 15) is 0 Å². The molecule has 0 aliphatic carbocycles. The third-order valence-corrected chi connectivity index (χ3v) is 3.89. The molecule has 0 N–H and O–H groups in total. The van der Waals surface area contributed by atoms with Crippen molar-refractivity contribution in [2.45, 2.75) is 58.3 Å². The molecule has 0 radical (unpaired) electrons. The van der Waals surface area contributed by atoms with Gasteiger partial charge < -0.3 is 0 Å². The lowest BCUT2D eigenvalue weighted by Crippen LogP contribution is -2.17. The highest BCUT2D eigenvalue weighted by atomic mass is 35.5. The van der Waals surface area contributed by atoms with Gasteiger partial charge in [-0.25, -0.2) is 0 Å². The molecule has 1 aromatic rings. The maximum Gasteiger partial charge on any atom is 0.0404 e. The van der Waals surface area contributed by atoms with Crippen LogP contribution < -0.4 is 0 Å². The lowest BCUT2D eigenvalue weighted by atomic mass is 9.91. The first-order valence-electron chi connectivity index (χ1n) is 6.87. The van der Waals surface area contributed by atoms with Crippen molar-refractivity contribution < 1.29 is 0 Å². The van der Waals surface area contributed by atoms with E-state index in [0.717, 1.165) is 6.42 Å². The van der Waals surface area contributed by atoms with E-state index in [1.165, 1.54) is 36.8 Å². The smallest absolute Gasteiger partial charge is 0.0404 e. The molecule has 1 atom stereocenters. The predicted octanol–water partition coefficient (Wildman–Crippen LogP) is 5.36. The van der Waals surface area contributed by atoms with Crippen LogP contribution in [0.15, 0.2) is 24.3 Å². The average Bonchev–Trinajstić information content (AvgIpc) is 2.32. The van der Waals surface area contributed by atoms with Gasteiger partial charge >= 0.3 is 0 Å². The fourth-order valence-electron chi connectivity index (χ4n) is 2.36. The second kappa shape index (κ2) is 7.76. The maximum absolute atomic E-state index is 6.58. The predicted molar refractivity (Wildman–Crippen MR) is 77.8 cm³/mol. The molecule has 0 aliphatic rings. The van der Waals surface area contributed by atoms with Gasteiger partial charge in [0.2, 0.25) is 0 Å². The summed E-state index contributed by atoms with van der Waals surface area (Å²) in [7, 11) is 0. The minimum Gasteiger partial charge on any atom is -0.122 e. The first-order chi connectivity index (χ1) is 8.17. The van der Waals surface area contributed by atoms with Crippen LogP contribution in [0.2, 0.25) is 0 Å². The Morgan fingerprint density at radius 1 is 1.00 bits per heavy atom. The summed E-state index contributed by atoms with van der Waals surface area (Å²) in [6, 6.07) is 8.76. The molecule has 0 aromatic heterocycles. The van der Waals surface area contributed by atoms with E-state index in [0.29, 0.717) is 5.92 Å². The molecule has 0 aliphatic heterocycles. The Balaban J connectivity index is 2.55. The fraction of sp³-hybridized carbons (Fsp3) is 0.625. The second-order valence-corrected chi connectivity index (χ2v) is 5.60. The molecule has 0 amide bonds. The number of benzene rings is 1. The largest absolute Gasteiger partial charge is 0.122 e. The Morgan fingerprint density at radius 2 is 1.53 bits per heavy atom. The molecular weight excluding hydrogens is 228 g/mol. The molecule has 0 heterocycles. The van der Waals surface area contributed by atoms with Gasteiger partial charge in [-0.1, -0.05) is 56.5 Å². The Hall–Kier alpha value is -0.490. The number of alkyl halides is 1. The molecule has 0 nitrogen and oxygen atoms in total. The zero-order chi connectivity index (χ0) is 12.7. The van der Waals surface area contributed by atoms with Crippen molar-refractivity contribution >= 4 is 11.6 Å². The minimum atomic E-state index is 0.289. The summed E-state index contributed by atoms with van der Waals surface area (Å²) in [5.41, 5.74) is 2.69. The minimum absolute atomic E-state index is 0.289. The molecule has 1 unspecified atom stereocenters. The van der Waals surface area contributed by atoms with E-state index in [-0.39, 0.29) is 5.38 Å². The van der Waals surface area contributed by atoms with Crippen LogP contribution in [0.5, 0.6) is 0 Å². The van der Waals surface area contributed by atoms with Gasteiger partial charge in [-0.05, 0) is 37.7 Å². The van der Waals surface area contributed by atoms with E-state index in [4.69, 9.17) is 11.6 Å². The van der Waals surface area contributed by atoms with Crippen LogP contribution in [0.3, 0.4) is 0 Å². The van der Waals surface area contributed by atoms with E-state index >= 15 is 0 Å². The van der Waals surface area contributed by atoms with Gasteiger partial charge in [0, 0.05) is 5.38 Å². The third-order valence-electron chi connectivity index (χ3n) is 3.38. The topological polar surface area (TPSA) is 0 Å². The van der Waals surface area contributed by atoms with Crippen LogP contribution in [0, 0.1) is 12.8 Å². The zero-order valence-electron chi connectivity index (χ0n) is 11.4. The monoisotopic (exact) mass is 252 g/mol. The first kappa shape index (κ1) is 14.6. The summed E-state index contributed by atoms with van der Waals surface area (Å²) < 4.78 is 0. The molecule has 17 heavy (non-hydrogen) atoms. The van der Waals surface area contributed by atoms with Gasteiger partial charge in [0.15, 0.2) is 0 Å². The normalized spacial score (nSPS) is 13.0. The molecule has 1 rings (SSSR count). The van der Waals surface area contributed by atoms with Crippen molar-refractivity contribution in [2.75, 3.05) is 0 Å².